The van der Waals surface area contributed by atoms with Crippen LogP contribution in [-0.2, 0) is 21.7 Å². The van der Waals surface area contributed by atoms with Gasteiger partial charge in [-0.1, -0.05) is 110 Å². The molecule has 4 heteroatoms. The van der Waals surface area contributed by atoms with Crippen LogP contribution < -0.4 is 26.2 Å². The lowest BCUT2D eigenvalue weighted by Gasteiger charge is -2.46. The van der Waals surface area contributed by atoms with Gasteiger partial charge in [-0.15, -0.1) is 11.3 Å². The normalized spacial score (nSPS) is 18.8. The van der Waals surface area contributed by atoms with Crippen LogP contribution in [0.15, 0.2) is 97.1 Å². The van der Waals surface area contributed by atoms with Crippen molar-refractivity contribution in [2.45, 2.75) is 117 Å². The molecule has 0 saturated carbocycles. The fourth-order valence-electron chi connectivity index (χ4n) is 12.1. The van der Waals surface area contributed by atoms with Crippen molar-refractivity contribution >= 4 is 88.7 Å². The van der Waals surface area contributed by atoms with Gasteiger partial charge in [-0.3, -0.25) is 0 Å². The highest BCUT2D eigenvalue weighted by Gasteiger charge is 2.49. The molecular formula is C54H55BN2S. The molecule has 0 amide bonds. The zero-order valence-corrected chi connectivity index (χ0v) is 37.1. The molecule has 6 aromatic carbocycles. The maximum atomic E-state index is 2.72. The molecule has 0 fully saturated rings. The predicted molar refractivity (Wildman–Crippen MR) is 254 cm³/mol. The minimum Gasteiger partial charge on any atom is -0.311 e. The van der Waals surface area contributed by atoms with Crippen LogP contribution in [0.3, 0.4) is 0 Å². The minimum atomic E-state index is 0.0688. The summed E-state index contributed by atoms with van der Waals surface area (Å²) in [6.07, 6.45) is 3.54. The number of hydrogen-bond acceptors (Lipinski definition) is 3. The van der Waals surface area contributed by atoms with E-state index in [4.69, 9.17) is 0 Å². The first-order valence-corrected chi connectivity index (χ1v) is 22.4. The summed E-state index contributed by atoms with van der Waals surface area (Å²) in [4.78, 5) is 5.34. The Morgan fingerprint density at radius 1 is 0.483 bits per heavy atom. The first-order chi connectivity index (χ1) is 27.5. The van der Waals surface area contributed by atoms with Crippen molar-refractivity contribution in [1.29, 1.82) is 0 Å². The summed E-state index contributed by atoms with van der Waals surface area (Å²) in [6.45, 7) is 26.8. The van der Waals surface area contributed by atoms with Gasteiger partial charge in [-0.05, 0) is 165 Å². The average molecular weight is 775 g/mol. The second-order valence-electron chi connectivity index (χ2n) is 20.9. The van der Waals surface area contributed by atoms with Crippen LogP contribution in [0.25, 0.3) is 20.2 Å². The second kappa shape index (κ2) is 11.7. The highest BCUT2D eigenvalue weighted by atomic mass is 32.1. The Bertz CT molecular complexity index is 2940. The van der Waals surface area contributed by atoms with Crippen molar-refractivity contribution < 1.29 is 0 Å². The van der Waals surface area contributed by atoms with Gasteiger partial charge in [-0.25, -0.2) is 0 Å². The lowest BCUT2D eigenvalue weighted by molar-refractivity contribution is 0.332. The summed E-state index contributed by atoms with van der Waals surface area (Å²) in [6, 6.07) is 38.4. The monoisotopic (exact) mass is 774 g/mol. The van der Waals surface area contributed by atoms with Crippen LogP contribution in [0.1, 0.15) is 114 Å². The Morgan fingerprint density at radius 2 is 1.07 bits per heavy atom. The molecule has 0 bridgehead atoms. The van der Waals surface area contributed by atoms with Crippen molar-refractivity contribution in [3.8, 4) is 0 Å². The summed E-state index contributed by atoms with van der Waals surface area (Å²) in [5, 5.41) is 2.72. The van der Waals surface area contributed by atoms with Crippen molar-refractivity contribution in [1.82, 2.24) is 0 Å². The Kier molecular flexibility index (Phi) is 7.32. The molecule has 7 aromatic rings. The molecule has 0 radical (unpaired) electrons. The third kappa shape index (κ3) is 4.85. The van der Waals surface area contributed by atoms with Gasteiger partial charge in [-0.2, -0.15) is 0 Å². The molecule has 2 aliphatic heterocycles. The molecule has 2 nitrogen and oxygen atoms in total. The molecule has 58 heavy (non-hydrogen) atoms. The number of benzene rings is 6. The van der Waals surface area contributed by atoms with E-state index < -0.39 is 0 Å². The molecule has 1 aromatic heterocycles. The zero-order chi connectivity index (χ0) is 40.4. The lowest BCUT2D eigenvalue weighted by atomic mass is 9.33. The number of thiophene rings is 1. The van der Waals surface area contributed by atoms with Gasteiger partial charge in [0, 0.05) is 48.9 Å². The van der Waals surface area contributed by atoms with Gasteiger partial charge in [0.1, 0.15) is 0 Å². The largest absolute Gasteiger partial charge is 0.311 e. The van der Waals surface area contributed by atoms with E-state index in [1.54, 1.807) is 0 Å². The van der Waals surface area contributed by atoms with Crippen LogP contribution in [-0.4, -0.2) is 6.71 Å². The predicted octanol–water partition coefficient (Wildman–Crippen LogP) is 13.4. The number of nitrogens with zero attached hydrogens (tertiary/aromatic N) is 2. The van der Waals surface area contributed by atoms with E-state index in [9.17, 15) is 0 Å². The summed E-state index contributed by atoms with van der Waals surface area (Å²) in [5.41, 5.74) is 22.5. The topological polar surface area (TPSA) is 6.48 Å². The molecule has 0 saturated heterocycles. The summed E-state index contributed by atoms with van der Waals surface area (Å²) >= 11 is 1.98. The molecular weight excluding hydrogens is 719 g/mol. The fourth-order valence-corrected chi connectivity index (χ4v) is 13.4. The van der Waals surface area contributed by atoms with Crippen molar-refractivity contribution in [2.75, 3.05) is 9.80 Å². The number of hydrogen-bond donors (Lipinski definition) is 0. The SMILES string of the molecule is Cc1cc2c3c(c1)N(c1ccccc1C)c1ccc4c(sc5ccccc54)c1B3c1cc3c(cc1N2c1cc2c(cc1C)C(C)(C)CCC2(C)C)C(C)(C)CC3(C)C. The maximum absolute atomic E-state index is 2.72. The molecule has 2 aliphatic carbocycles. The van der Waals surface area contributed by atoms with Crippen LogP contribution in [0.4, 0.5) is 34.1 Å². The van der Waals surface area contributed by atoms with E-state index in [1.807, 2.05) is 11.3 Å². The number of fused-ring (bicyclic) bond motifs is 10. The second-order valence-corrected chi connectivity index (χ2v) is 22.0. The first-order valence-electron chi connectivity index (χ1n) is 21.6. The number of anilines is 6. The lowest BCUT2D eigenvalue weighted by Crippen LogP contribution is -2.61. The van der Waals surface area contributed by atoms with E-state index in [0.29, 0.717) is 0 Å². The molecule has 3 heterocycles. The Labute approximate surface area is 350 Å². The van der Waals surface area contributed by atoms with Crippen molar-refractivity contribution in [3.63, 3.8) is 0 Å². The van der Waals surface area contributed by atoms with E-state index in [2.05, 4.69) is 183 Å². The Hall–Kier alpha value is -4.80. The standard InChI is InChI=1S/C54H55BN2S/c1-31-24-45-48-46(25-31)57(43-28-38-36(26-33(43)3)51(4,5)22-23-52(38,6)7)44-29-39-37(53(8,9)30-54(39,10)11)27-40(44)55(48)49-42(56(45)41-18-14-12-16-32(41)2)21-20-35-34-17-13-15-19-47(34)58-50(35)49/h12-21,24-29H,22-23,30H2,1-11H3. The van der Waals surface area contributed by atoms with Gasteiger partial charge in [0.15, 0.2) is 0 Å². The average Bonchev–Trinajstić information content (AvgIpc) is 3.63. The molecule has 0 N–H and O–H groups in total. The molecule has 11 rings (SSSR count). The van der Waals surface area contributed by atoms with Crippen LogP contribution in [0.2, 0.25) is 0 Å². The van der Waals surface area contributed by atoms with E-state index in [0.717, 1.165) is 6.42 Å². The van der Waals surface area contributed by atoms with Gasteiger partial charge in [0.2, 0.25) is 0 Å². The van der Waals surface area contributed by atoms with Gasteiger partial charge in [0.25, 0.3) is 6.71 Å². The summed E-state index contributed by atoms with van der Waals surface area (Å²) in [5.74, 6) is 0. The Morgan fingerprint density at radius 3 is 1.78 bits per heavy atom. The third-order valence-electron chi connectivity index (χ3n) is 15.0. The minimum absolute atomic E-state index is 0.0688. The quantitative estimate of drug-likeness (QED) is 0.161. The molecule has 0 unspecified atom stereocenters. The van der Waals surface area contributed by atoms with Crippen LogP contribution in [0, 0.1) is 20.8 Å². The van der Waals surface area contributed by atoms with Gasteiger partial charge >= 0.3 is 0 Å². The van der Waals surface area contributed by atoms with Crippen LogP contribution in [0.5, 0.6) is 0 Å². The van der Waals surface area contributed by atoms with Gasteiger partial charge < -0.3 is 9.80 Å². The zero-order valence-electron chi connectivity index (χ0n) is 36.2. The van der Waals surface area contributed by atoms with Crippen molar-refractivity contribution in [3.05, 3.63) is 136 Å². The van der Waals surface area contributed by atoms with E-state index >= 15 is 0 Å². The fraction of sp³-hybridized carbons (Fsp3) is 0.333. The number of para-hydroxylation sites is 1. The smallest absolute Gasteiger partial charge is 0.254 e. The number of aryl methyl sites for hydroxylation is 3. The molecule has 4 aliphatic rings. The van der Waals surface area contributed by atoms with E-state index in [1.165, 1.54) is 122 Å². The van der Waals surface area contributed by atoms with E-state index in [-0.39, 0.29) is 28.4 Å². The molecule has 0 spiro atoms. The number of rotatable bonds is 2. The van der Waals surface area contributed by atoms with Crippen molar-refractivity contribution in [2.24, 2.45) is 0 Å². The van der Waals surface area contributed by atoms with Gasteiger partial charge in [0.05, 0.1) is 0 Å². The molecule has 290 valence electrons. The maximum Gasteiger partial charge on any atom is 0.254 e. The first kappa shape index (κ1) is 36.3. The van der Waals surface area contributed by atoms with Crippen LogP contribution >= 0.6 is 11.3 Å². The molecule has 0 atom stereocenters. The Balaban J connectivity index is 1.31. The highest BCUT2D eigenvalue weighted by molar-refractivity contribution is 7.28. The summed E-state index contributed by atoms with van der Waals surface area (Å²) in [7, 11) is 0. The third-order valence-corrected chi connectivity index (χ3v) is 16.2. The highest BCUT2D eigenvalue weighted by Crippen LogP contribution is 2.55. The summed E-state index contributed by atoms with van der Waals surface area (Å²) < 4.78 is 2.76.